The lowest BCUT2D eigenvalue weighted by Crippen LogP contribution is -2.23. The van der Waals surface area contributed by atoms with Gasteiger partial charge >= 0.3 is 0 Å². The molecular formula is C16H26N2O2. The summed E-state index contributed by atoms with van der Waals surface area (Å²) in [6.07, 6.45) is 10.4. The second kappa shape index (κ2) is 8.80. The summed E-state index contributed by atoms with van der Waals surface area (Å²) in [5.41, 5.74) is 0. The lowest BCUT2D eigenvalue weighted by atomic mass is 10.1. The molecule has 1 aliphatic heterocycles. The van der Waals surface area contributed by atoms with Gasteiger partial charge in [-0.1, -0.05) is 19.3 Å². The van der Waals surface area contributed by atoms with Gasteiger partial charge in [-0.2, -0.15) is 0 Å². The molecule has 4 heteroatoms. The van der Waals surface area contributed by atoms with Crippen LogP contribution in [-0.4, -0.2) is 37.0 Å². The molecule has 0 aliphatic carbocycles. The molecule has 1 aromatic heterocycles. The molecule has 2 heterocycles. The van der Waals surface area contributed by atoms with Gasteiger partial charge in [-0.15, -0.1) is 0 Å². The van der Waals surface area contributed by atoms with Gasteiger partial charge in [0.1, 0.15) is 0 Å². The highest BCUT2D eigenvalue weighted by Crippen LogP contribution is 2.10. The molecule has 20 heavy (non-hydrogen) atoms. The second-order valence-corrected chi connectivity index (χ2v) is 5.55. The largest absolute Gasteiger partial charge is 0.459 e. The Bertz CT molecular complexity index is 370. The maximum absolute atomic E-state index is 11.6. The standard InChI is InChI=1S/C16H26N2O2/c19-16(15-9-8-14-20-15)17-10-4-2-1-3-5-11-18-12-6-7-13-18/h8-9,14H,1-7,10-13H2,(H,17,19). The Balaban J connectivity index is 1.39. The fourth-order valence-electron chi connectivity index (χ4n) is 2.69. The molecule has 1 N–H and O–H groups in total. The van der Waals surface area contributed by atoms with Crippen LogP contribution in [0, 0.1) is 0 Å². The molecule has 2 rings (SSSR count). The number of rotatable bonds is 9. The van der Waals surface area contributed by atoms with Gasteiger partial charge in [-0.3, -0.25) is 4.79 Å². The number of amides is 1. The van der Waals surface area contributed by atoms with Crippen molar-refractivity contribution in [3.8, 4) is 0 Å². The molecule has 0 saturated carbocycles. The van der Waals surface area contributed by atoms with Gasteiger partial charge in [0.2, 0.25) is 0 Å². The predicted molar refractivity (Wildman–Crippen MR) is 79.8 cm³/mol. The lowest BCUT2D eigenvalue weighted by Gasteiger charge is -2.13. The second-order valence-electron chi connectivity index (χ2n) is 5.55. The van der Waals surface area contributed by atoms with E-state index in [0.29, 0.717) is 5.76 Å². The monoisotopic (exact) mass is 278 g/mol. The summed E-state index contributed by atoms with van der Waals surface area (Å²) in [5.74, 6) is 0.291. The molecule has 0 aromatic carbocycles. The van der Waals surface area contributed by atoms with Crippen molar-refractivity contribution in [2.24, 2.45) is 0 Å². The zero-order valence-corrected chi connectivity index (χ0v) is 12.3. The maximum Gasteiger partial charge on any atom is 0.286 e. The molecule has 0 unspecified atom stereocenters. The first-order chi connectivity index (χ1) is 9.86. The normalized spacial score (nSPS) is 15.6. The first-order valence-corrected chi connectivity index (χ1v) is 7.90. The zero-order chi connectivity index (χ0) is 14.0. The van der Waals surface area contributed by atoms with Gasteiger partial charge in [0.25, 0.3) is 5.91 Å². The third-order valence-electron chi connectivity index (χ3n) is 3.88. The first kappa shape index (κ1) is 15.1. The molecule has 1 aromatic rings. The summed E-state index contributed by atoms with van der Waals surface area (Å²) in [6.45, 7) is 4.62. The van der Waals surface area contributed by atoms with E-state index in [1.54, 1.807) is 12.1 Å². The van der Waals surface area contributed by atoms with Crippen LogP contribution in [0.1, 0.15) is 55.5 Å². The van der Waals surface area contributed by atoms with Gasteiger partial charge in [0.15, 0.2) is 5.76 Å². The third-order valence-corrected chi connectivity index (χ3v) is 3.88. The summed E-state index contributed by atoms with van der Waals surface area (Å²) < 4.78 is 5.04. The van der Waals surface area contributed by atoms with Gasteiger partial charge < -0.3 is 14.6 Å². The third kappa shape index (κ3) is 5.37. The van der Waals surface area contributed by atoms with Crippen LogP contribution in [0.3, 0.4) is 0 Å². The number of furan rings is 1. The number of likely N-dealkylation sites (tertiary alicyclic amines) is 1. The molecule has 4 nitrogen and oxygen atoms in total. The van der Waals surface area contributed by atoms with Crippen LogP contribution >= 0.6 is 0 Å². The van der Waals surface area contributed by atoms with Crippen molar-refractivity contribution >= 4 is 5.91 Å². The molecule has 0 radical (unpaired) electrons. The van der Waals surface area contributed by atoms with E-state index in [0.717, 1.165) is 13.0 Å². The minimum atomic E-state index is -0.107. The Morgan fingerprint density at radius 3 is 2.65 bits per heavy atom. The average Bonchev–Trinajstić information content (AvgIpc) is 3.13. The van der Waals surface area contributed by atoms with E-state index in [-0.39, 0.29) is 5.91 Å². The van der Waals surface area contributed by atoms with Crippen LogP contribution in [0.2, 0.25) is 0 Å². The zero-order valence-electron chi connectivity index (χ0n) is 12.3. The van der Waals surface area contributed by atoms with E-state index in [1.165, 1.54) is 64.4 Å². The van der Waals surface area contributed by atoms with E-state index >= 15 is 0 Å². The fraction of sp³-hybridized carbons (Fsp3) is 0.688. The average molecular weight is 278 g/mol. The molecule has 1 amide bonds. The van der Waals surface area contributed by atoms with Gasteiger partial charge in [-0.25, -0.2) is 0 Å². The Hall–Kier alpha value is -1.29. The lowest BCUT2D eigenvalue weighted by molar-refractivity contribution is 0.0925. The number of nitrogens with one attached hydrogen (secondary N) is 1. The summed E-state index contributed by atoms with van der Waals surface area (Å²) in [7, 11) is 0. The molecule has 112 valence electrons. The van der Waals surface area contributed by atoms with Crippen molar-refractivity contribution in [2.45, 2.75) is 44.9 Å². The molecule has 1 fully saturated rings. The van der Waals surface area contributed by atoms with Gasteiger partial charge in [-0.05, 0) is 57.5 Å². The molecule has 1 saturated heterocycles. The van der Waals surface area contributed by atoms with E-state index < -0.39 is 0 Å². The Labute approximate surface area is 121 Å². The van der Waals surface area contributed by atoms with E-state index in [9.17, 15) is 4.79 Å². The highest BCUT2D eigenvalue weighted by atomic mass is 16.3. The van der Waals surface area contributed by atoms with Crippen LogP contribution < -0.4 is 5.32 Å². The molecule has 0 atom stereocenters. The van der Waals surface area contributed by atoms with Crippen LogP contribution in [0.5, 0.6) is 0 Å². The number of unbranched alkanes of at least 4 members (excludes halogenated alkanes) is 4. The van der Waals surface area contributed by atoms with E-state index in [1.807, 2.05) is 0 Å². The van der Waals surface area contributed by atoms with Crippen molar-refractivity contribution in [3.05, 3.63) is 24.2 Å². The maximum atomic E-state index is 11.6. The van der Waals surface area contributed by atoms with Crippen LogP contribution in [0.25, 0.3) is 0 Å². The smallest absolute Gasteiger partial charge is 0.286 e. The van der Waals surface area contributed by atoms with Crippen LogP contribution in [0.4, 0.5) is 0 Å². The Morgan fingerprint density at radius 2 is 1.90 bits per heavy atom. The van der Waals surface area contributed by atoms with Crippen LogP contribution in [0.15, 0.2) is 22.8 Å². The Morgan fingerprint density at radius 1 is 1.15 bits per heavy atom. The predicted octanol–water partition coefficient (Wildman–Crippen LogP) is 3.06. The fourth-order valence-corrected chi connectivity index (χ4v) is 2.69. The first-order valence-electron chi connectivity index (χ1n) is 7.90. The molecular weight excluding hydrogens is 252 g/mol. The number of hydrogen-bond donors (Lipinski definition) is 1. The number of nitrogens with zero attached hydrogens (tertiary/aromatic N) is 1. The van der Waals surface area contributed by atoms with E-state index in [2.05, 4.69) is 10.2 Å². The number of carbonyl (C=O) groups excluding carboxylic acids is 1. The number of hydrogen-bond acceptors (Lipinski definition) is 3. The van der Waals surface area contributed by atoms with Gasteiger partial charge in [0.05, 0.1) is 6.26 Å². The molecule has 1 aliphatic rings. The van der Waals surface area contributed by atoms with Crippen LogP contribution in [-0.2, 0) is 0 Å². The van der Waals surface area contributed by atoms with Crippen molar-refractivity contribution in [2.75, 3.05) is 26.2 Å². The highest BCUT2D eigenvalue weighted by molar-refractivity contribution is 5.91. The highest BCUT2D eigenvalue weighted by Gasteiger charge is 2.10. The summed E-state index contributed by atoms with van der Waals surface area (Å²) in [4.78, 5) is 14.2. The van der Waals surface area contributed by atoms with Gasteiger partial charge in [0, 0.05) is 6.54 Å². The van der Waals surface area contributed by atoms with Crippen molar-refractivity contribution in [1.29, 1.82) is 0 Å². The van der Waals surface area contributed by atoms with Crippen molar-refractivity contribution in [1.82, 2.24) is 10.2 Å². The SMILES string of the molecule is O=C(NCCCCCCCN1CCCC1)c1ccco1. The minimum Gasteiger partial charge on any atom is -0.459 e. The van der Waals surface area contributed by atoms with Crippen molar-refractivity contribution in [3.63, 3.8) is 0 Å². The quantitative estimate of drug-likeness (QED) is 0.706. The Kier molecular flexibility index (Phi) is 6.64. The topological polar surface area (TPSA) is 45.5 Å². The minimum absolute atomic E-state index is 0.107. The number of carbonyl (C=O) groups is 1. The van der Waals surface area contributed by atoms with E-state index in [4.69, 9.17) is 4.42 Å². The van der Waals surface area contributed by atoms with Crippen molar-refractivity contribution < 1.29 is 9.21 Å². The summed E-state index contributed by atoms with van der Waals surface area (Å²) >= 11 is 0. The summed E-state index contributed by atoms with van der Waals surface area (Å²) in [5, 5.41) is 2.88. The summed E-state index contributed by atoms with van der Waals surface area (Å²) in [6, 6.07) is 3.42. The molecule has 0 spiro atoms. The molecule has 0 bridgehead atoms.